The summed E-state index contributed by atoms with van der Waals surface area (Å²) in [6.07, 6.45) is 0. The van der Waals surface area contributed by atoms with Crippen LogP contribution in [0.2, 0.25) is 0 Å². The number of likely N-dealkylation sites (N-methyl/N-ethyl adjacent to an activating group) is 1. The van der Waals surface area contributed by atoms with Gasteiger partial charge in [-0.05, 0) is 31.8 Å². The molecule has 2 rings (SSSR count). The standard InChI is InChI=1S/C11H15FN2/c1-14(2)7-8-6-13-11-5-9(12)3-4-10(8)11/h3-5,8,13H,6-7H2,1-2H3. The zero-order valence-corrected chi connectivity index (χ0v) is 8.55. The maximum atomic E-state index is 12.9. The maximum Gasteiger partial charge on any atom is 0.125 e. The molecule has 1 unspecified atom stereocenters. The lowest BCUT2D eigenvalue weighted by Crippen LogP contribution is -2.21. The van der Waals surface area contributed by atoms with Crippen LogP contribution in [0, 0.1) is 5.82 Å². The van der Waals surface area contributed by atoms with Gasteiger partial charge in [-0.1, -0.05) is 6.07 Å². The van der Waals surface area contributed by atoms with Crippen LogP contribution in [0.1, 0.15) is 11.5 Å². The third-order valence-electron chi connectivity index (χ3n) is 2.58. The molecular weight excluding hydrogens is 179 g/mol. The Morgan fingerprint density at radius 2 is 2.29 bits per heavy atom. The van der Waals surface area contributed by atoms with E-state index in [1.807, 2.05) is 6.07 Å². The zero-order chi connectivity index (χ0) is 10.1. The number of halogens is 1. The Morgan fingerprint density at radius 1 is 1.50 bits per heavy atom. The summed E-state index contributed by atoms with van der Waals surface area (Å²) in [5.41, 5.74) is 2.19. The highest BCUT2D eigenvalue weighted by atomic mass is 19.1. The minimum Gasteiger partial charge on any atom is -0.384 e. The lowest BCUT2D eigenvalue weighted by atomic mass is 10.0. The van der Waals surface area contributed by atoms with Crippen LogP contribution >= 0.6 is 0 Å². The fourth-order valence-electron chi connectivity index (χ4n) is 1.98. The van der Waals surface area contributed by atoms with E-state index in [4.69, 9.17) is 0 Å². The summed E-state index contributed by atoms with van der Waals surface area (Å²) < 4.78 is 12.9. The Morgan fingerprint density at radius 3 is 3.00 bits per heavy atom. The summed E-state index contributed by atoms with van der Waals surface area (Å²) >= 11 is 0. The van der Waals surface area contributed by atoms with Gasteiger partial charge >= 0.3 is 0 Å². The van der Waals surface area contributed by atoms with E-state index in [0.717, 1.165) is 18.8 Å². The van der Waals surface area contributed by atoms with Crippen LogP contribution < -0.4 is 5.32 Å². The van der Waals surface area contributed by atoms with Gasteiger partial charge in [-0.2, -0.15) is 0 Å². The molecule has 2 nitrogen and oxygen atoms in total. The van der Waals surface area contributed by atoms with Crippen molar-refractivity contribution in [2.45, 2.75) is 5.92 Å². The first-order valence-electron chi connectivity index (χ1n) is 4.85. The SMILES string of the molecule is CN(C)CC1CNc2cc(F)ccc21. The van der Waals surface area contributed by atoms with Crippen molar-refractivity contribution in [3.05, 3.63) is 29.6 Å². The first-order chi connectivity index (χ1) is 6.66. The highest BCUT2D eigenvalue weighted by Crippen LogP contribution is 2.31. The predicted octanol–water partition coefficient (Wildman–Crippen LogP) is 1.90. The first kappa shape index (κ1) is 9.46. The molecule has 0 saturated heterocycles. The van der Waals surface area contributed by atoms with Crippen molar-refractivity contribution < 1.29 is 4.39 Å². The van der Waals surface area contributed by atoms with E-state index in [9.17, 15) is 4.39 Å². The van der Waals surface area contributed by atoms with E-state index in [1.54, 1.807) is 6.07 Å². The molecule has 0 fully saturated rings. The Bertz CT molecular complexity index is 336. The Balaban J connectivity index is 2.22. The van der Waals surface area contributed by atoms with Gasteiger partial charge < -0.3 is 10.2 Å². The van der Waals surface area contributed by atoms with Crippen LogP contribution in [-0.2, 0) is 0 Å². The van der Waals surface area contributed by atoms with Crippen molar-refractivity contribution in [3.8, 4) is 0 Å². The molecule has 0 radical (unpaired) electrons. The number of fused-ring (bicyclic) bond motifs is 1. The van der Waals surface area contributed by atoms with Crippen molar-refractivity contribution in [2.75, 3.05) is 32.5 Å². The number of nitrogens with one attached hydrogen (secondary N) is 1. The minimum absolute atomic E-state index is 0.165. The van der Waals surface area contributed by atoms with Crippen molar-refractivity contribution in [3.63, 3.8) is 0 Å². The second-order valence-electron chi connectivity index (χ2n) is 4.07. The summed E-state index contributed by atoms with van der Waals surface area (Å²) in [7, 11) is 4.11. The molecule has 0 saturated carbocycles. The van der Waals surface area contributed by atoms with Gasteiger partial charge in [0, 0.05) is 24.7 Å². The van der Waals surface area contributed by atoms with Gasteiger partial charge in [-0.3, -0.25) is 0 Å². The number of hydrogen-bond acceptors (Lipinski definition) is 2. The summed E-state index contributed by atoms with van der Waals surface area (Å²) in [6.45, 7) is 1.92. The molecule has 1 aromatic carbocycles. The van der Waals surface area contributed by atoms with E-state index in [-0.39, 0.29) is 5.82 Å². The molecule has 1 atom stereocenters. The van der Waals surface area contributed by atoms with Gasteiger partial charge in [0.25, 0.3) is 0 Å². The predicted molar refractivity (Wildman–Crippen MR) is 56.2 cm³/mol. The molecule has 0 aliphatic carbocycles. The van der Waals surface area contributed by atoms with Gasteiger partial charge in [0.05, 0.1) is 0 Å². The molecule has 1 aliphatic rings. The van der Waals surface area contributed by atoms with Crippen LogP contribution in [0.25, 0.3) is 0 Å². The first-order valence-corrected chi connectivity index (χ1v) is 4.85. The molecule has 0 bridgehead atoms. The van der Waals surface area contributed by atoms with Crippen molar-refractivity contribution in [2.24, 2.45) is 0 Å². The van der Waals surface area contributed by atoms with Crippen LogP contribution in [0.5, 0.6) is 0 Å². The highest BCUT2D eigenvalue weighted by molar-refractivity contribution is 5.57. The summed E-state index contributed by atoms with van der Waals surface area (Å²) in [6, 6.07) is 5.00. The van der Waals surface area contributed by atoms with E-state index in [1.165, 1.54) is 11.6 Å². The van der Waals surface area contributed by atoms with Crippen molar-refractivity contribution in [1.29, 1.82) is 0 Å². The molecule has 1 N–H and O–H groups in total. The molecule has 76 valence electrons. The number of nitrogens with zero attached hydrogens (tertiary/aromatic N) is 1. The fourth-order valence-corrected chi connectivity index (χ4v) is 1.98. The second-order valence-corrected chi connectivity index (χ2v) is 4.07. The monoisotopic (exact) mass is 194 g/mol. The molecule has 0 spiro atoms. The topological polar surface area (TPSA) is 15.3 Å². The average molecular weight is 194 g/mol. The van der Waals surface area contributed by atoms with E-state index in [0.29, 0.717) is 5.92 Å². The smallest absolute Gasteiger partial charge is 0.125 e. The average Bonchev–Trinajstić information content (AvgIpc) is 2.47. The van der Waals surface area contributed by atoms with Crippen LogP contribution in [0.15, 0.2) is 18.2 Å². The largest absolute Gasteiger partial charge is 0.384 e. The second kappa shape index (κ2) is 3.58. The molecule has 0 amide bonds. The molecule has 1 aromatic rings. The van der Waals surface area contributed by atoms with E-state index in [2.05, 4.69) is 24.3 Å². The highest BCUT2D eigenvalue weighted by Gasteiger charge is 2.22. The fraction of sp³-hybridized carbons (Fsp3) is 0.455. The summed E-state index contributed by atoms with van der Waals surface area (Å²) in [5, 5.41) is 3.23. The lowest BCUT2D eigenvalue weighted by Gasteiger charge is -2.15. The van der Waals surface area contributed by atoms with Crippen molar-refractivity contribution >= 4 is 5.69 Å². The maximum absolute atomic E-state index is 12.9. The third kappa shape index (κ3) is 1.73. The third-order valence-corrected chi connectivity index (χ3v) is 2.58. The molecular formula is C11H15FN2. The molecule has 0 aromatic heterocycles. The zero-order valence-electron chi connectivity index (χ0n) is 8.55. The van der Waals surface area contributed by atoms with E-state index >= 15 is 0 Å². The number of hydrogen-bond donors (Lipinski definition) is 1. The number of rotatable bonds is 2. The quantitative estimate of drug-likeness (QED) is 0.773. The van der Waals surface area contributed by atoms with Gasteiger partial charge in [0.2, 0.25) is 0 Å². The van der Waals surface area contributed by atoms with E-state index < -0.39 is 0 Å². The number of benzene rings is 1. The van der Waals surface area contributed by atoms with Gasteiger partial charge in [-0.15, -0.1) is 0 Å². The summed E-state index contributed by atoms with van der Waals surface area (Å²) in [5.74, 6) is 0.322. The van der Waals surface area contributed by atoms with Crippen LogP contribution in [0.3, 0.4) is 0 Å². The number of anilines is 1. The van der Waals surface area contributed by atoms with Gasteiger partial charge in [-0.25, -0.2) is 4.39 Å². The Hall–Kier alpha value is -1.09. The lowest BCUT2D eigenvalue weighted by molar-refractivity contribution is 0.383. The van der Waals surface area contributed by atoms with Gasteiger partial charge in [0.1, 0.15) is 5.82 Å². The van der Waals surface area contributed by atoms with Gasteiger partial charge in [0.15, 0.2) is 0 Å². The molecule has 1 aliphatic heterocycles. The molecule has 1 heterocycles. The van der Waals surface area contributed by atoms with Crippen molar-refractivity contribution in [1.82, 2.24) is 4.90 Å². The Kier molecular flexibility index (Phi) is 2.42. The Labute approximate surface area is 83.7 Å². The summed E-state index contributed by atoms with van der Waals surface area (Å²) in [4.78, 5) is 2.16. The van der Waals surface area contributed by atoms with Crippen LogP contribution in [0.4, 0.5) is 10.1 Å². The molecule has 3 heteroatoms. The van der Waals surface area contributed by atoms with Crippen LogP contribution in [-0.4, -0.2) is 32.1 Å². The normalized spacial score (nSPS) is 19.6. The molecule has 14 heavy (non-hydrogen) atoms. The minimum atomic E-state index is -0.165.